The molecule has 0 saturated heterocycles. The molecule has 6 heteroatoms. The Morgan fingerprint density at radius 2 is 1.79 bits per heavy atom. The normalized spacial score (nSPS) is 12.4. The highest BCUT2D eigenvalue weighted by molar-refractivity contribution is 6.65. The van der Waals surface area contributed by atoms with E-state index in [1.807, 2.05) is 0 Å². The van der Waals surface area contributed by atoms with Gasteiger partial charge in [-0.1, -0.05) is 29.3 Å². The molecule has 0 aromatic heterocycles. The fraction of sp³-hybridized carbons (Fsp3) is 0. The van der Waals surface area contributed by atoms with Gasteiger partial charge in [-0.2, -0.15) is 0 Å². The van der Waals surface area contributed by atoms with E-state index in [0.29, 0.717) is 5.02 Å². The van der Waals surface area contributed by atoms with Gasteiger partial charge in [0.1, 0.15) is 0 Å². The predicted molar refractivity (Wildman–Crippen MR) is 54.6 cm³/mol. The summed E-state index contributed by atoms with van der Waals surface area (Å²) in [6.07, 6.45) is 0.911. The Morgan fingerprint density at radius 3 is 2.36 bits per heavy atom. The molecule has 0 saturated carbocycles. The average molecular weight is 240 g/mol. The van der Waals surface area contributed by atoms with Crippen LogP contribution in [0.2, 0.25) is 10.0 Å². The van der Waals surface area contributed by atoms with Crippen LogP contribution in [0.25, 0.3) is 6.08 Å². The number of hydrogen-bond donors (Lipinski definition) is 0. The molecule has 0 N–H and O–H groups in total. The lowest BCUT2D eigenvalue weighted by atomic mass is 9.90. The maximum absolute atomic E-state index is 11.9. The maximum atomic E-state index is 11.9. The third-order valence-corrected chi connectivity index (χ3v) is 2.03. The van der Waals surface area contributed by atoms with E-state index in [-0.39, 0.29) is 16.6 Å². The predicted octanol–water partition coefficient (Wildman–Crippen LogP) is 4.39. The molecular formula is C8H5BCl2F3-. The summed E-state index contributed by atoms with van der Waals surface area (Å²) in [5, 5.41) is 0.592. The minimum Gasteiger partial charge on any atom is -0.445 e. The Bertz CT molecular complexity index is 360. The third kappa shape index (κ3) is 3.64. The number of hydrogen-bond acceptors (Lipinski definition) is 0. The highest BCUT2D eigenvalue weighted by Gasteiger charge is 2.17. The van der Waals surface area contributed by atoms with Crippen molar-refractivity contribution >= 4 is 36.3 Å². The van der Waals surface area contributed by atoms with Crippen LogP contribution in [0.15, 0.2) is 24.2 Å². The van der Waals surface area contributed by atoms with Crippen LogP contribution >= 0.6 is 23.2 Å². The van der Waals surface area contributed by atoms with Crippen molar-refractivity contribution in [2.75, 3.05) is 0 Å². The van der Waals surface area contributed by atoms with Crippen LogP contribution < -0.4 is 0 Å². The van der Waals surface area contributed by atoms with E-state index in [0.717, 1.165) is 6.08 Å². The minimum atomic E-state index is -4.94. The molecule has 0 fully saturated rings. The Hall–Kier alpha value is -0.605. The second-order valence-electron chi connectivity index (χ2n) is 2.65. The van der Waals surface area contributed by atoms with Gasteiger partial charge in [0, 0.05) is 10.0 Å². The summed E-state index contributed by atoms with van der Waals surface area (Å²) in [4.78, 5) is 0. The van der Waals surface area contributed by atoms with Crippen LogP contribution in [-0.2, 0) is 0 Å². The van der Waals surface area contributed by atoms with Crippen LogP contribution in [0.5, 0.6) is 0 Å². The summed E-state index contributed by atoms with van der Waals surface area (Å²) >= 11 is 11.3. The first-order valence-electron chi connectivity index (χ1n) is 3.73. The van der Waals surface area contributed by atoms with E-state index >= 15 is 0 Å². The molecule has 0 unspecified atom stereocenters. The van der Waals surface area contributed by atoms with Gasteiger partial charge in [0.2, 0.25) is 0 Å². The summed E-state index contributed by atoms with van der Waals surface area (Å²) < 4.78 is 35.6. The first kappa shape index (κ1) is 11.5. The van der Waals surface area contributed by atoms with Gasteiger partial charge >= 0.3 is 6.98 Å². The molecule has 0 aliphatic carbocycles. The van der Waals surface area contributed by atoms with Gasteiger partial charge in [-0.3, -0.25) is 0 Å². The molecule has 0 atom stereocenters. The highest BCUT2D eigenvalue weighted by atomic mass is 35.5. The fourth-order valence-electron chi connectivity index (χ4n) is 0.855. The van der Waals surface area contributed by atoms with Crippen molar-refractivity contribution in [1.29, 1.82) is 0 Å². The molecule has 0 heterocycles. The zero-order chi connectivity index (χ0) is 10.8. The molecule has 0 radical (unpaired) electrons. The molecule has 0 amide bonds. The average Bonchev–Trinajstić information content (AvgIpc) is 2.05. The Morgan fingerprint density at radius 1 is 1.14 bits per heavy atom. The van der Waals surface area contributed by atoms with Crippen LogP contribution in [-0.4, -0.2) is 6.98 Å². The van der Waals surface area contributed by atoms with Crippen LogP contribution in [0, 0.1) is 0 Å². The molecule has 14 heavy (non-hydrogen) atoms. The smallest absolute Gasteiger partial charge is 0.445 e. The molecule has 0 aliphatic heterocycles. The molecule has 0 nitrogen and oxygen atoms in total. The van der Waals surface area contributed by atoms with Gasteiger partial charge in [0.25, 0.3) is 0 Å². The van der Waals surface area contributed by atoms with Crippen molar-refractivity contribution < 1.29 is 12.9 Å². The van der Waals surface area contributed by atoms with Crippen molar-refractivity contribution in [3.63, 3.8) is 0 Å². The van der Waals surface area contributed by atoms with E-state index in [4.69, 9.17) is 23.2 Å². The summed E-state index contributed by atoms with van der Waals surface area (Å²) in [6.45, 7) is -4.94. The summed E-state index contributed by atoms with van der Waals surface area (Å²) in [7, 11) is 0. The standard InChI is InChI=1S/C8H5BCl2F3/c10-7-1-2-8(11)6(5-7)3-4-9(12,13)14/h1-5H/q-1/b4-3+. The van der Waals surface area contributed by atoms with E-state index < -0.39 is 6.98 Å². The summed E-state index contributed by atoms with van der Waals surface area (Å²) in [6, 6.07) is 4.34. The first-order valence-corrected chi connectivity index (χ1v) is 4.48. The number of benzene rings is 1. The van der Waals surface area contributed by atoms with E-state index in [1.54, 1.807) is 0 Å². The fourth-order valence-corrected chi connectivity index (χ4v) is 1.22. The van der Waals surface area contributed by atoms with Crippen molar-refractivity contribution in [2.24, 2.45) is 0 Å². The Balaban J connectivity index is 2.97. The lowest BCUT2D eigenvalue weighted by Gasteiger charge is -2.07. The zero-order valence-corrected chi connectivity index (χ0v) is 8.37. The topological polar surface area (TPSA) is 0 Å². The molecule has 0 bridgehead atoms. The van der Waals surface area contributed by atoms with Gasteiger partial charge in [-0.05, 0) is 23.8 Å². The van der Waals surface area contributed by atoms with Crippen LogP contribution in [0.1, 0.15) is 5.56 Å². The second kappa shape index (κ2) is 4.28. The second-order valence-corrected chi connectivity index (χ2v) is 3.49. The molecule has 1 aromatic rings. The first-order chi connectivity index (χ1) is 6.38. The summed E-state index contributed by atoms with van der Waals surface area (Å²) in [5.74, 6) is 0.178. The SMILES string of the molecule is F[B-](F)(F)/C=C/c1cc(Cl)ccc1Cl. The Labute approximate surface area is 89.4 Å². The number of halogens is 5. The van der Waals surface area contributed by atoms with E-state index in [9.17, 15) is 12.9 Å². The van der Waals surface area contributed by atoms with Gasteiger partial charge in [0.05, 0.1) is 0 Å². The number of rotatable bonds is 2. The van der Waals surface area contributed by atoms with Crippen molar-refractivity contribution in [2.45, 2.75) is 0 Å². The molecule has 0 aliphatic rings. The van der Waals surface area contributed by atoms with Crippen LogP contribution in [0.4, 0.5) is 12.9 Å². The summed E-state index contributed by atoms with van der Waals surface area (Å²) in [5.41, 5.74) is 0.262. The molecule has 76 valence electrons. The third-order valence-electron chi connectivity index (χ3n) is 1.45. The lowest BCUT2D eigenvalue weighted by Crippen LogP contribution is -2.09. The molecule has 0 spiro atoms. The monoisotopic (exact) mass is 239 g/mol. The highest BCUT2D eigenvalue weighted by Crippen LogP contribution is 2.23. The van der Waals surface area contributed by atoms with E-state index in [2.05, 4.69) is 0 Å². The van der Waals surface area contributed by atoms with Crippen LogP contribution in [0.3, 0.4) is 0 Å². The largest absolute Gasteiger partial charge is 0.502 e. The minimum absolute atomic E-state index is 0.178. The lowest BCUT2D eigenvalue weighted by molar-refractivity contribution is 0.499. The van der Waals surface area contributed by atoms with E-state index in [1.165, 1.54) is 18.2 Å². The maximum Gasteiger partial charge on any atom is 0.502 e. The quantitative estimate of drug-likeness (QED) is 0.672. The van der Waals surface area contributed by atoms with Crippen molar-refractivity contribution in [3.05, 3.63) is 39.8 Å². The molecule has 1 rings (SSSR count). The van der Waals surface area contributed by atoms with Gasteiger partial charge in [0.15, 0.2) is 0 Å². The van der Waals surface area contributed by atoms with Crippen molar-refractivity contribution in [1.82, 2.24) is 0 Å². The molecule has 1 aromatic carbocycles. The van der Waals surface area contributed by atoms with Gasteiger partial charge < -0.3 is 12.9 Å². The molecular weight excluding hydrogens is 235 g/mol. The van der Waals surface area contributed by atoms with Gasteiger partial charge in [-0.15, -0.1) is 5.98 Å². The van der Waals surface area contributed by atoms with Crippen molar-refractivity contribution in [3.8, 4) is 0 Å². The van der Waals surface area contributed by atoms with Gasteiger partial charge in [-0.25, -0.2) is 0 Å². The Kier molecular flexibility index (Phi) is 3.51. The zero-order valence-electron chi connectivity index (χ0n) is 6.85.